The number of aromatic nitrogens is 3. The Morgan fingerprint density at radius 1 is 1.29 bits per heavy atom. The Labute approximate surface area is 109 Å². The van der Waals surface area contributed by atoms with Crippen LogP contribution in [0.3, 0.4) is 0 Å². The van der Waals surface area contributed by atoms with E-state index >= 15 is 0 Å². The molecule has 96 valence electrons. The van der Waals surface area contributed by atoms with Crippen LogP contribution in [0.1, 0.15) is 6.92 Å². The molecule has 1 aromatic heterocycles. The maximum absolute atomic E-state index is 11.3. The highest BCUT2D eigenvalue weighted by Crippen LogP contribution is 2.15. The summed E-state index contributed by atoms with van der Waals surface area (Å²) >= 11 is 11.2. The van der Waals surface area contributed by atoms with Gasteiger partial charge < -0.3 is 5.32 Å². The summed E-state index contributed by atoms with van der Waals surface area (Å²) in [6, 6.07) is 0. The van der Waals surface area contributed by atoms with Crippen LogP contribution >= 0.6 is 23.2 Å². The number of hydrogen-bond donors (Lipinski definition) is 2. The third-order valence-corrected chi connectivity index (χ3v) is 3.53. The van der Waals surface area contributed by atoms with Gasteiger partial charge >= 0.3 is 0 Å². The molecule has 0 spiro atoms. The van der Waals surface area contributed by atoms with Crippen LogP contribution in [0.5, 0.6) is 0 Å². The van der Waals surface area contributed by atoms with Crippen LogP contribution in [-0.4, -0.2) is 42.4 Å². The molecule has 0 saturated carbocycles. The van der Waals surface area contributed by atoms with Gasteiger partial charge in [-0.05, 0) is 11.6 Å². The van der Waals surface area contributed by atoms with Crippen molar-refractivity contribution in [1.29, 1.82) is 0 Å². The standard InChI is InChI=1S/C7H11Cl2N5O2S/c1-2-11-17(15,16)4-3-10-6-5(8)13-14-7(9)12-6/h11H,2-4H2,1H3,(H,10,12,14). The second-order valence-electron chi connectivity index (χ2n) is 2.96. The minimum absolute atomic E-state index is 0.0373. The number of rotatable bonds is 6. The third kappa shape index (κ3) is 4.99. The summed E-state index contributed by atoms with van der Waals surface area (Å²) < 4.78 is 25.0. The van der Waals surface area contributed by atoms with E-state index in [1.54, 1.807) is 6.92 Å². The van der Waals surface area contributed by atoms with Gasteiger partial charge in [-0.15, -0.1) is 10.2 Å². The van der Waals surface area contributed by atoms with E-state index in [9.17, 15) is 8.42 Å². The lowest BCUT2D eigenvalue weighted by atomic mass is 10.6. The Kier molecular flexibility index (Phi) is 5.31. The van der Waals surface area contributed by atoms with Crippen molar-refractivity contribution in [3.05, 3.63) is 10.4 Å². The predicted octanol–water partition coefficient (Wildman–Crippen LogP) is 0.530. The number of hydrogen-bond acceptors (Lipinski definition) is 6. The van der Waals surface area contributed by atoms with Crippen molar-refractivity contribution in [2.24, 2.45) is 0 Å². The molecule has 0 radical (unpaired) electrons. The second-order valence-corrected chi connectivity index (χ2v) is 5.59. The van der Waals surface area contributed by atoms with Crippen LogP contribution < -0.4 is 10.0 Å². The summed E-state index contributed by atoms with van der Waals surface area (Å²) in [6.45, 7) is 2.20. The minimum atomic E-state index is -3.28. The van der Waals surface area contributed by atoms with Gasteiger partial charge in [-0.25, -0.2) is 13.1 Å². The lowest BCUT2D eigenvalue weighted by Gasteiger charge is -2.07. The second kappa shape index (κ2) is 6.29. The van der Waals surface area contributed by atoms with E-state index in [2.05, 4.69) is 25.2 Å². The number of nitrogens with zero attached hydrogens (tertiary/aromatic N) is 3. The highest BCUT2D eigenvalue weighted by Gasteiger charge is 2.10. The van der Waals surface area contributed by atoms with Crippen molar-refractivity contribution in [3.63, 3.8) is 0 Å². The Morgan fingerprint density at radius 3 is 2.65 bits per heavy atom. The topological polar surface area (TPSA) is 96.9 Å². The highest BCUT2D eigenvalue weighted by atomic mass is 35.5. The van der Waals surface area contributed by atoms with E-state index in [0.717, 1.165) is 0 Å². The van der Waals surface area contributed by atoms with Crippen molar-refractivity contribution in [3.8, 4) is 0 Å². The number of anilines is 1. The van der Waals surface area contributed by atoms with Gasteiger partial charge in [-0.1, -0.05) is 18.5 Å². The van der Waals surface area contributed by atoms with Gasteiger partial charge in [0.15, 0.2) is 11.0 Å². The minimum Gasteiger partial charge on any atom is -0.366 e. The molecular weight excluding hydrogens is 289 g/mol. The molecule has 2 N–H and O–H groups in total. The largest absolute Gasteiger partial charge is 0.366 e. The van der Waals surface area contributed by atoms with Gasteiger partial charge in [0.25, 0.3) is 0 Å². The molecule has 0 aliphatic heterocycles. The molecule has 0 amide bonds. The molecule has 1 aromatic rings. The van der Waals surface area contributed by atoms with Crippen molar-refractivity contribution in [2.45, 2.75) is 6.92 Å². The quantitative estimate of drug-likeness (QED) is 0.795. The summed E-state index contributed by atoms with van der Waals surface area (Å²) in [4.78, 5) is 3.77. The number of sulfonamides is 1. The number of nitrogens with one attached hydrogen (secondary N) is 2. The Balaban J connectivity index is 2.54. The summed E-state index contributed by atoms with van der Waals surface area (Å²) in [6.07, 6.45) is 0. The van der Waals surface area contributed by atoms with Gasteiger partial charge in [0.05, 0.1) is 5.75 Å². The summed E-state index contributed by atoms with van der Waals surface area (Å²) in [5.41, 5.74) is 0. The van der Waals surface area contributed by atoms with Crippen LogP contribution in [0.25, 0.3) is 0 Å². The zero-order valence-corrected chi connectivity index (χ0v) is 11.3. The fraction of sp³-hybridized carbons (Fsp3) is 0.571. The molecule has 0 unspecified atom stereocenters. The molecular formula is C7H11Cl2N5O2S. The maximum Gasteiger partial charge on any atom is 0.245 e. The summed E-state index contributed by atoms with van der Waals surface area (Å²) in [5.74, 6) is 0.108. The Morgan fingerprint density at radius 2 is 2.00 bits per heavy atom. The first-order chi connectivity index (χ1) is 7.94. The van der Waals surface area contributed by atoms with Crippen molar-refractivity contribution in [1.82, 2.24) is 19.9 Å². The van der Waals surface area contributed by atoms with E-state index in [0.29, 0.717) is 6.54 Å². The van der Waals surface area contributed by atoms with Crippen molar-refractivity contribution in [2.75, 3.05) is 24.2 Å². The zero-order chi connectivity index (χ0) is 12.9. The van der Waals surface area contributed by atoms with E-state index in [-0.39, 0.29) is 28.6 Å². The van der Waals surface area contributed by atoms with Gasteiger partial charge in [0, 0.05) is 13.1 Å². The molecule has 0 fully saturated rings. The zero-order valence-electron chi connectivity index (χ0n) is 8.94. The third-order valence-electron chi connectivity index (χ3n) is 1.65. The first kappa shape index (κ1) is 14.4. The smallest absolute Gasteiger partial charge is 0.245 e. The molecule has 1 rings (SSSR count). The van der Waals surface area contributed by atoms with Gasteiger partial charge in [-0.3, -0.25) is 0 Å². The monoisotopic (exact) mass is 299 g/mol. The van der Waals surface area contributed by atoms with Crippen LogP contribution in [0, 0.1) is 0 Å². The Bertz CT molecular complexity index is 481. The fourth-order valence-electron chi connectivity index (χ4n) is 1.00. The highest BCUT2D eigenvalue weighted by molar-refractivity contribution is 7.89. The lowest BCUT2D eigenvalue weighted by Crippen LogP contribution is -2.29. The lowest BCUT2D eigenvalue weighted by molar-refractivity contribution is 0.584. The Hall–Kier alpha value is -0.700. The molecule has 0 aromatic carbocycles. The van der Waals surface area contributed by atoms with Gasteiger partial charge in [0.2, 0.25) is 15.3 Å². The van der Waals surface area contributed by atoms with E-state index in [4.69, 9.17) is 23.2 Å². The molecule has 7 nitrogen and oxygen atoms in total. The summed E-state index contributed by atoms with van der Waals surface area (Å²) in [5, 5.41) is 9.64. The van der Waals surface area contributed by atoms with Crippen molar-refractivity contribution >= 4 is 39.0 Å². The molecule has 17 heavy (non-hydrogen) atoms. The van der Waals surface area contributed by atoms with Gasteiger partial charge in [-0.2, -0.15) is 4.98 Å². The molecule has 0 atom stereocenters. The SMILES string of the molecule is CCNS(=O)(=O)CCNc1nc(Cl)nnc1Cl. The van der Waals surface area contributed by atoms with Crippen LogP contribution in [0.2, 0.25) is 10.4 Å². The van der Waals surface area contributed by atoms with Crippen LogP contribution in [0.4, 0.5) is 5.82 Å². The first-order valence-electron chi connectivity index (χ1n) is 4.71. The molecule has 10 heteroatoms. The molecule has 0 bridgehead atoms. The maximum atomic E-state index is 11.3. The predicted molar refractivity (Wildman–Crippen MR) is 65.8 cm³/mol. The average molecular weight is 300 g/mol. The normalized spacial score (nSPS) is 11.5. The fourth-order valence-corrected chi connectivity index (χ4v) is 2.23. The molecule has 1 heterocycles. The van der Waals surface area contributed by atoms with E-state index < -0.39 is 10.0 Å². The molecule has 0 aliphatic carbocycles. The molecule has 0 aliphatic rings. The number of halogens is 2. The van der Waals surface area contributed by atoms with E-state index in [1.165, 1.54) is 0 Å². The van der Waals surface area contributed by atoms with Crippen molar-refractivity contribution < 1.29 is 8.42 Å². The van der Waals surface area contributed by atoms with Crippen LogP contribution in [-0.2, 0) is 10.0 Å². The first-order valence-corrected chi connectivity index (χ1v) is 7.12. The van der Waals surface area contributed by atoms with Gasteiger partial charge in [0.1, 0.15) is 0 Å². The average Bonchev–Trinajstić information content (AvgIpc) is 2.23. The summed E-state index contributed by atoms with van der Waals surface area (Å²) in [7, 11) is -3.28. The van der Waals surface area contributed by atoms with Crippen LogP contribution in [0.15, 0.2) is 0 Å². The molecule has 0 saturated heterocycles. The van der Waals surface area contributed by atoms with E-state index in [1.807, 2.05) is 0 Å².